The molecule has 1 atom stereocenters. The Morgan fingerprint density at radius 1 is 1.50 bits per heavy atom. The minimum atomic E-state index is -1.05. The third kappa shape index (κ3) is 5.15. The molecule has 6 heteroatoms. The summed E-state index contributed by atoms with van der Waals surface area (Å²) in [6.45, 7) is 3.66. The van der Waals surface area contributed by atoms with Gasteiger partial charge in [0.05, 0.1) is 0 Å². The van der Waals surface area contributed by atoms with Crippen molar-refractivity contribution in [1.29, 1.82) is 0 Å². The predicted octanol–water partition coefficient (Wildman–Crippen LogP) is -1.23. The lowest BCUT2D eigenvalue weighted by molar-refractivity contribution is -0.139. The molecular formula is C8H15N3O3. The summed E-state index contributed by atoms with van der Waals surface area (Å²) < 4.78 is 0. The smallest absolute Gasteiger partial charge is 0.326 e. The molecule has 1 unspecified atom stereocenters. The first-order valence-electron chi connectivity index (χ1n) is 4.13. The molecule has 0 aromatic carbocycles. The summed E-state index contributed by atoms with van der Waals surface area (Å²) in [6.07, 6.45) is 0.144. The standard InChI is InChI=1S/C8H15N3O3/c1-5(4-9)11-6(8(13)14)2-3-7(10)12/h6,11H,1-4,9H2,(H2,10,12)(H,13,14). The van der Waals surface area contributed by atoms with Crippen LogP contribution in [0.3, 0.4) is 0 Å². The van der Waals surface area contributed by atoms with Crippen LogP contribution >= 0.6 is 0 Å². The maximum Gasteiger partial charge on any atom is 0.326 e. The molecular weight excluding hydrogens is 186 g/mol. The monoisotopic (exact) mass is 201 g/mol. The van der Waals surface area contributed by atoms with Crippen molar-refractivity contribution in [3.05, 3.63) is 12.3 Å². The molecule has 0 radical (unpaired) electrons. The molecule has 1 amide bonds. The molecule has 0 aromatic rings. The Morgan fingerprint density at radius 3 is 2.43 bits per heavy atom. The Balaban J connectivity index is 4.09. The zero-order valence-corrected chi connectivity index (χ0v) is 7.82. The van der Waals surface area contributed by atoms with Crippen LogP contribution in [0.4, 0.5) is 0 Å². The number of nitrogens with one attached hydrogen (secondary N) is 1. The van der Waals surface area contributed by atoms with Crippen LogP contribution in [0, 0.1) is 0 Å². The van der Waals surface area contributed by atoms with E-state index >= 15 is 0 Å². The summed E-state index contributed by atoms with van der Waals surface area (Å²) in [5, 5.41) is 11.3. The second-order valence-corrected chi connectivity index (χ2v) is 2.85. The van der Waals surface area contributed by atoms with E-state index in [1.807, 2.05) is 0 Å². The molecule has 0 aliphatic carbocycles. The van der Waals surface area contributed by atoms with E-state index in [2.05, 4.69) is 11.9 Å². The van der Waals surface area contributed by atoms with E-state index in [9.17, 15) is 9.59 Å². The number of amides is 1. The van der Waals surface area contributed by atoms with Gasteiger partial charge in [-0.1, -0.05) is 6.58 Å². The van der Waals surface area contributed by atoms with Gasteiger partial charge in [-0.15, -0.1) is 0 Å². The molecule has 6 N–H and O–H groups in total. The molecule has 14 heavy (non-hydrogen) atoms. The first-order chi connectivity index (χ1) is 6.47. The largest absolute Gasteiger partial charge is 0.480 e. The molecule has 0 aliphatic rings. The zero-order valence-electron chi connectivity index (χ0n) is 7.82. The number of carboxylic acids is 1. The molecule has 0 aromatic heterocycles. The van der Waals surface area contributed by atoms with E-state index in [4.69, 9.17) is 16.6 Å². The zero-order chi connectivity index (χ0) is 11.1. The van der Waals surface area contributed by atoms with Crippen LogP contribution in [0.2, 0.25) is 0 Å². The van der Waals surface area contributed by atoms with E-state index in [1.54, 1.807) is 0 Å². The number of hydrogen-bond donors (Lipinski definition) is 4. The van der Waals surface area contributed by atoms with Crippen LogP contribution in [0.15, 0.2) is 12.3 Å². The van der Waals surface area contributed by atoms with Gasteiger partial charge in [0.15, 0.2) is 0 Å². The molecule has 0 fully saturated rings. The van der Waals surface area contributed by atoms with E-state index in [0.717, 1.165) is 0 Å². The summed E-state index contributed by atoms with van der Waals surface area (Å²) in [5.41, 5.74) is 10.5. The Kier molecular flexibility index (Phi) is 5.31. The molecule has 0 rings (SSSR count). The molecule has 0 heterocycles. The highest BCUT2D eigenvalue weighted by Crippen LogP contribution is 1.99. The number of carbonyl (C=O) groups excluding carboxylic acids is 1. The van der Waals surface area contributed by atoms with Crippen molar-refractivity contribution in [2.24, 2.45) is 11.5 Å². The van der Waals surface area contributed by atoms with E-state index in [-0.39, 0.29) is 19.4 Å². The molecule has 0 spiro atoms. The van der Waals surface area contributed by atoms with Crippen molar-refractivity contribution in [1.82, 2.24) is 5.32 Å². The number of carboxylic acid groups (broad SMARTS) is 1. The highest BCUT2D eigenvalue weighted by molar-refractivity contribution is 5.77. The van der Waals surface area contributed by atoms with Crippen LogP contribution in [0.25, 0.3) is 0 Å². The first-order valence-corrected chi connectivity index (χ1v) is 4.13. The van der Waals surface area contributed by atoms with Gasteiger partial charge in [-0.05, 0) is 6.42 Å². The van der Waals surface area contributed by atoms with E-state index in [0.29, 0.717) is 5.70 Å². The van der Waals surface area contributed by atoms with Crippen LogP contribution < -0.4 is 16.8 Å². The van der Waals surface area contributed by atoms with Gasteiger partial charge in [0.2, 0.25) is 5.91 Å². The minimum absolute atomic E-state index is 0.0157. The van der Waals surface area contributed by atoms with Crippen molar-refractivity contribution in [2.75, 3.05) is 6.54 Å². The predicted molar refractivity (Wildman–Crippen MR) is 51.2 cm³/mol. The average Bonchev–Trinajstić information content (AvgIpc) is 2.10. The molecule has 80 valence electrons. The maximum absolute atomic E-state index is 10.7. The molecule has 0 bridgehead atoms. The first kappa shape index (κ1) is 12.4. The normalized spacial score (nSPS) is 11.8. The Labute approximate surface area is 82.0 Å². The Hall–Kier alpha value is -1.56. The van der Waals surface area contributed by atoms with Crippen molar-refractivity contribution in [2.45, 2.75) is 18.9 Å². The third-order valence-electron chi connectivity index (χ3n) is 1.60. The third-order valence-corrected chi connectivity index (χ3v) is 1.60. The maximum atomic E-state index is 10.7. The van der Waals surface area contributed by atoms with Gasteiger partial charge in [0.1, 0.15) is 6.04 Å². The lowest BCUT2D eigenvalue weighted by atomic mass is 10.1. The summed E-state index contributed by atoms with van der Waals surface area (Å²) in [5.74, 6) is -1.59. The van der Waals surface area contributed by atoms with Crippen molar-refractivity contribution in [3.8, 4) is 0 Å². The number of hydrogen-bond acceptors (Lipinski definition) is 4. The summed E-state index contributed by atoms with van der Waals surface area (Å²) in [6, 6.07) is -0.862. The van der Waals surface area contributed by atoms with Gasteiger partial charge in [-0.25, -0.2) is 4.79 Å². The lowest BCUT2D eigenvalue weighted by Crippen LogP contribution is -2.38. The number of rotatable bonds is 7. The topological polar surface area (TPSA) is 118 Å². The van der Waals surface area contributed by atoms with Crippen molar-refractivity contribution in [3.63, 3.8) is 0 Å². The highest BCUT2D eigenvalue weighted by Gasteiger charge is 2.17. The number of primary amides is 1. The number of carbonyl (C=O) groups is 2. The summed E-state index contributed by atoms with van der Waals surface area (Å²) in [7, 11) is 0. The quantitative estimate of drug-likeness (QED) is 0.411. The summed E-state index contributed by atoms with van der Waals surface area (Å²) >= 11 is 0. The fourth-order valence-corrected chi connectivity index (χ4v) is 0.849. The fraction of sp³-hybridized carbons (Fsp3) is 0.500. The average molecular weight is 201 g/mol. The molecule has 6 nitrogen and oxygen atoms in total. The van der Waals surface area contributed by atoms with Crippen LogP contribution in [0.1, 0.15) is 12.8 Å². The van der Waals surface area contributed by atoms with Gasteiger partial charge in [0.25, 0.3) is 0 Å². The highest BCUT2D eigenvalue weighted by atomic mass is 16.4. The number of aliphatic carboxylic acids is 1. The SMILES string of the molecule is C=C(CN)NC(CCC(N)=O)C(=O)O. The van der Waals surface area contributed by atoms with Gasteiger partial charge in [-0.2, -0.15) is 0 Å². The number of nitrogens with two attached hydrogens (primary N) is 2. The van der Waals surface area contributed by atoms with E-state index in [1.165, 1.54) is 0 Å². The molecule has 0 saturated carbocycles. The molecule has 0 saturated heterocycles. The van der Waals surface area contributed by atoms with Crippen LogP contribution in [0.5, 0.6) is 0 Å². The van der Waals surface area contributed by atoms with Crippen LogP contribution in [-0.4, -0.2) is 29.6 Å². The molecule has 0 aliphatic heterocycles. The van der Waals surface area contributed by atoms with Gasteiger partial charge in [0, 0.05) is 18.7 Å². The van der Waals surface area contributed by atoms with Gasteiger partial charge in [-0.3, -0.25) is 4.79 Å². The van der Waals surface area contributed by atoms with Gasteiger partial charge >= 0.3 is 5.97 Å². The Morgan fingerprint density at radius 2 is 2.07 bits per heavy atom. The van der Waals surface area contributed by atoms with Crippen LogP contribution in [-0.2, 0) is 9.59 Å². The Bertz CT molecular complexity index is 240. The second kappa shape index (κ2) is 5.98. The fourth-order valence-electron chi connectivity index (χ4n) is 0.849. The van der Waals surface area contributed by atoms with Crippen molar-refractivity contribution < 1.29 is 14.7 Å². The second-order valence-electron chi connectivity index (χ2n) is 2.85. The van der Waals surface area contributed by atoms with E-state index < -0.39 is 17.9 Å². The van der Waals surface area contributed by atoms with Gasteiger partial charge < -0.3 is 21.9 Å². The summed E-state index contributed by atoms with van der Waals surface area (Å²) in [4.78, 5) is 21.1. The van der Waals surface area contributed by atoms with Crippen molar-refractivity contribution >= 4 is 11.9 Å². The minimum Gasteiger partial charge on any atom is -0.480 e. The lowest BCUT2D eigenvalue weighted by Gasteiger charge is -2.15.